The van der Waals surface area contributed by atoms with Crippen LogP contribution in [0.3, 0.4) is 0 Å². The van der Waals surface area contributed by atoms with Crippen LogP contribution in [0.15, 0.2) is 11.4 Å². The molecule has 0 aliphatic rings. The lowest BCUT2D eigenvalue weighted by Gasteiger charge is -2.43. The van der Waals surface area contributed by atoms with Gasteiger partial charge >= 0.3 is 8.80 Å². The van der Waals surface area contributed by atoms with Gasteiger partial charge in [-0.15, -0.1) is 0 Å². The molecule has 0 spiro atoms. The van der Waals surface area contributed by atoms with Crippen LogP contribution in [-0.4, -0.2) is 54.0 Å². The zero-order valence-corrected chi connectivity index (χ0v) is 23.0. The van der Waals surface area contributed by atoms with Crippen LogP contribution in [0.4, 0.5) is 0 Å². The molecule has 10 heteroatoms. The maximum Gasteiger partial charge on any atom is 0.498 e. The van der Waals surface area contributed by atoms with Crippen molar-refractivity contribution < 1.29 is 16.5 Å². The third kappa shape index (κ3) is 9.58. The van der Waals surface area contributed by atoms with Crippen LogP contribution in [0.5, 0.6) is 0 Å². The van der Waals surface area contributed by atoms with Gasteiger partial charge in [-0.3, -0.25) is 0 Å². The minimum atomic E-state index is -2.88. The highest BCUT2D eigenvalue weighted by molar-refractivity contribution is 6.97. The maximum absolute atomic E-state index is 6.57. The number of hydrogen-bond donors (Lipinski definition) is 0. The summed E-state index contributed by atoms with van der Waals surface area (Å²) in [5.41, 5.74) is 0. The molecule has 0 bridgehead atoms. The zero-order chi connectivity index (χ0) is 17.1. The smallest absolute Gasteiger partial charge is 0.465 e. The van der Waals surface area contributed by atoms with E-state index in [1.165, 1.54) is 0 Å². The molecule has 0 heterocycles. The Hall–Kier alpha value is 0.881. The van der Waals surface area contributed by atoms with Crippen molar-refractivity contribution in [1.29, 1.82) is 0 Å². The first-order valence-electron chi connectivity index (χ1n) is 7.38. The highest BCUT2D eigenvalue weighted by atomic mass is 28.5. The lowest BCUT2D eigenvalue weighted by molar-refractivity contribution is 0.268. The van der Waals surface area contributed by atoms with Crippen molar-refractivity contribution in [2.45, 2.75) is 58.9 Å². The molecule has 0 aromatic carbocycles. The third-order valence-corrected chi connectivity index (χ3v) is 16.7. The summed E-state index contributed by atoms with van der Waals surface area (Å²) in [6.07, 6.45) is 0. The van der Waals surface area contributed by atoms with E-state index < -0.39 is 43.5 Å². The molecule has 0 saturated heterocycles. The summed E-state index contributed by atoms with van der Waals surface area (Å²) in [6.45, 7) is 24.0. The molecule has 0 atom stereocenters. The SMILES string of the molecule is C=C([SiH2]O[SiH3])[Si](O[Si](C)(C)C)(O[Si](C)(C)C)O[Si](C)(C)C. The fourth-order valence-electron chi connectivity index (χ4n) is 1.75. The molecule has 0 unspecified atom stereocenters. The van der Waals surface area contributed by atoms with Crippen molar-refractivity contribution in [3.8, 4) is 0 Å². The molecule has 126 valence electrons. The Morgan fingerprint density at radius 1 is 0.762 bits per heavy atom. The Labute approximate surface area is 140 Å². The largest absolute Gasteiger partial charge is 0.498 e. The van der Waals surface area contributed by atoms with Gasteiger partial charge in [-0.25, -0.2) is 0 Å². The second-order valence-corrected chi connectivity index (χ2v) is 29.3. The summed E-state index contributed by atoms with van der Waals surface area (Å²) in [5.74, 6) is 0. The first-order valence-corrected chi connectivity index (χ1v) is 21.4. The first kappa shape index (κ1) is 21.9. The van der Waals surface area contributed by atoms with Crippen LogP contribution < -0.4 is 0 Å². The second-order valence-electron chi connectivity index (χ2n) is 8.24. The number of hydrogen-bond acceptors (Lipinski definition) is 4. The average molecular weight is 399 g/mol. The highest BCUT2D eigenvalue weighted by Gasteiger charge is 2.52. The summed E-state index contributed by atoms with van der Waals surface area (Å²) in [4.78, 5) is 1.02. The van der Waals surface area contributed by atoms with Crippen LogP contribution in [0.25, 0.3) is 0 Å². The zero-order valence-electron chi connectivity index (χ0n) is 15.5. The second kappa shape index (κ2) is 7.63. The maximum atomic E-state index is 6.57. The Bertz CT molecular complexity index is 314. The quantitative estimate of drug-likeness (QED) is 0.556. The summed E-state index contributed by atoms with van der Waals surface area (Å²) in [6, 6.07) is 0. The Morgan fingerprint density at radius 3 is 1.24 bits per heavy atom. The van der Waals surface area contributed by atoms with Gasteiger partial charge in [0.1, 0.15) is 10.5 Å². The van der Waals surface area contributed by atoms with Gasteiger partial charge in [0.25, 0.3) is 0 Å². The van der Waals surface area contributed by atoms with Crippen molar-refractivity contribution in [2.24, 2.45) is 0 Å². The Morgan fingerprint density at radius 2 is 1.05 bits per heavy atom. The van der Waals surface area contributed by atoms with Gasteiger partial charge in [0.05, 0.1) is 0 Å². The van der Waals surface area contributed by atoms with Gasteiger partial charge in [0.15, 0.2) is 34.7 Å². The molecule has 0 aliphatic carbocycles. The monoisotopic (exact) mass is 398 g/mol. The normalized spacial score (nSPS) is 15.1. The van der Waals surface area contributed by atoms with E-state index in [0.717, 1.165) is 15.3 Å². The van der Waals surface area contributed by atoms with Gasteiger partial charge in [-0.05, 0) is 63.7 Å². The molecule has 0 rings (SSSR count). The van der Waals surface area contributed by atoms with Crippen LogP contribution in [0, 0.1) is 0 Å². The summed E-state index contributed by atoms with van der Waals surface area (Å²) < 4.78 is 25.3. The van der Waals surface area contributed by atoms with Crippen molar-refractivity contribution in [1.82, 2.24) is 0 Å². The predicted octanol–water partition coefficient (Wildman–Crippen LogP) is 1.91. The van der Waals surface area contributed by atoms with Crippen LogP contribution >= 0.6 is 0 Å². The molecule has 0 amide bonds. The van der Waals surface area contributed by atoms with Gasteiger partial charge < -0.3 is 16.5 Å². The van der Waals surface area contributed by atoms with Crippen molar-refractivity contribution >= 4 is 54.0 Å². The van der Waals surface area contributed by atoms with Gasteiger partial charge in [-0.1, -0.05) is 6.58 Å². The molecule has 0 aromatic heterocycles. The molecule has 0 radical (unpaired) electrons. The lowest BCUT2D eigenvalue weighted by atomic mass is 11.2. The third-order valence-electron chi connectivity index (χ3n) is 2.07. The van der Waals surface area contributed by atoms with E-state index in [4.69, 9.17) is 16.5 Å². The van der Waals surface area contributed by atoms with Crippen molar-refractivity contribution in [2.75, 3.05) is 0 Å². The highest BCUT2D eigenvalue weighted by Crippen LogP contribution is 2.30. The van der Waals surface area contributed by atoms with Gasteiger partial charge in [0, 0.05) is 0 Å². The molecule has 0 N–H and O–H groups in total. The van der Waals surface area contributed by atoms with E-state index in [-0.39, 0.29) is 0 Å². The fraction of sp³-hybridized carbons (Fsp3) is 0.818. The molecule has 4 nitrogen and oxygen atoms in total. The Balaban J connectivity index is 5.75. The Kier molecular flexibility index (Phi) is 7.95. The molecule has 0 aliphatic heterocycles. The lowest BCUT2D eigenvalue weighted by Crippen LogP contribution is -2.62. The predicted molar refractivity (Wildman–Crippen MR) is 108 cm³/mol. The number of rotatable bonds is 9. The van der Waals surface area contributed by atoms with E-state index in [9.17, 15) is 0 Å². The summed E-state index contributed by atoms with van der Waals surface area (Å²) in [5, 5.41) is 0. The van der Waals surface area contributed by atoms with Crippen LogP contribution in [0.1, 0.15) is 0 Å². The fourth-order valence-corrected chi connectivity index (χ4v) is 20.1. The van der Waals surface area contributed by atoms with E-state index in [0.29, 0.717) is 0 Å². The minimum absolute atomic E-state index is 0.736. The van der Waals surface area contributed by atoms with E-state index >= 15 is 0 Å². The molecule has 0 aromatic rings. The summed E-state index contributed by atoms with van der Waals surface area (Å²) >= 11 is 0. The van der Waals surface area contributed by atoms with Gasteiger partial charge in [-0.2, -0.15) is 0 Å². The van der Waals surface area contributed by atoms with Crippen LogP contribution in [-0.2, 0) is 16.5 Å². The molecule has 0 fully saturated rings. The minimum Gasteiger partial charge on any atom is -0.465 e. The molecule has 0 saturated carbocycles. The first-order chi connectivity index (χ1) is 9.10. The molecule has 21 heavy (non-hydrogen) atoms. The van der Waals surface area contributed by atoms with Crippen LogP contribution in [0.2, 0.25) is 58.9 Å². The summed E-state index contributed by atoms with van der Waals surface area (Å²) in [7, 11) is -8.42. The average Bonchev–Trinajstić information content (AvgIpc) is 2.08. The van der Waals surface area contributed by atoms with E-state index in [2.05, 4.69) is 65.5 Å². The van der Waals surface area contributed by atoms with Crippen molar-refractivity contribution in [3.63, 3.8) is 0 Å². The molecular formula is C11H34O4Si6. The molecular weight excluding hydrogens is 365 g/mol. The van der Waals surface area contributed by atoms with Crippen molar-refractivity contribution in [3.05, 3.63) is 11.4 Å². The topological polar surface area (TPSA) is 36.9 Å². The standard InChI is InChI=1S/C11H34O4Si6/c1-11(17-12-16)21(13-18(2,3)4,14-19(5,6)7)15-20(8,9)10/h1,17H2,2-10,16H3. The van der Waals surface area contributed by atoms with Gasteiger partial charge in [0.2, 0.25) is 0 Å². The van der Waals surface area contributed by atoms with E-state index in [1.807, 2.05) is 0 Å². The van der Waals surface area contributed by atoms with E-state index in [1.54, 1.807) is 0 Å².